The number of thioether (sulfide) groups is 1. The van der Waals surface area contributed by atoms with E-state index in [2.05, 4.69) is 27.4 Å². The predicted molar refractivity (Wildman–Crippen MR) is 76.9 cm³/mol. The van der Waals surface area contributed by atoms with Crippen molar-refractivity contribution in [3.63, 3.8) is 0 Å². The van der Waals surface area contributed by atoms with E-state index in [9.17, 15) is 4.79 Å². The fourth-order valence-electron chi connectivity index (χ4n) is 1.83. The van der Waals surface area contributed by atoms with Gasteiger partial charge in [-0.15, -0.1) is 5.10 Å². The van der Waals surface area contributed by atoms with Crippen LogP contribution in [0.3, 0.4) is 0 Å². The minimum absolute atomic E-state index is 0.192. The zero-order chi connectivity index (χ0) is 14.5. The summed E-state index contributed by atoms with van der Waals surface area (Å²) in [5, 5.41) is 11.0. The molecular weight excluding hydrogens is 262 g/mol. The maximum Gasteiger partial charge on any atom is 0.237 e. The number of aryl methyl sites for hydroxylation is 1. The molecule has 2 atom stereocenters. The Labute approximate surface area is 118 Å². The molecule has 7 heteroatoms. The molecule has 1 aromatic rings. The minimum atomic E-state index is -0.687. The van der Waals surface area contributed by atoms with Crippen molar-refractivity contribution >= 4 is 17.7 Å². The molecule has 4 N–H and O–H groups in total. The largest absolute Gasteiger partial charge is 0.368 e. The van der Waals surface area contributed by atoms with E-state index < -0.39 is 5.54 Å². The van der Waals surface area contributed by atoms with Crippen LogP contribution < -0.4 is 11.1 Å². The second-order valence-electron chi connectivity index (χ2n) is 4.96. The van der Waals surface area contributed by atoms with Crippen LogP contribution in [0.15, 0.2) is 5.16 Å². The van der Waals surface area contributed by atoms with Gasteiger partial charge in [0.2, 0.25) is 11.1 Å². The molecule has 1 amide bonds. The summed E-state index contributed by atoms with van der Waals surface area (Å²) < 4.78 is 0. The van der Waals surface area contributed by atoms with Gasteiger partial charge in [-0.3, -0.25) is 9.89 Å². The highest BCUT2D eigenvalue weighted by molar-refractivity contribution is 7.99. The van der Waals surface area contributed by atoms with Crippen molar-refractivity contribution in [2.24, 2.45) is 5.73 Å². The summed E-state index contributed by atoms with van der Waals surface area (Å²) in [6, 6.07) is 0. The number of H-pyrrole nitrogens is 1. The number of nitrogens with one attached hydrogen (secondary N) is 2. The fourth-order valence-corrected chi connectivity index (χ4v) is 2.90. The van der Waals surface area contributed by atoms with Crippen molar-refractivity contribution in [3.05, 3.63) is 5.82 Å². The lowest BCUT2D eigenvalue weighted by Gasteiger charge is -2.29. The highest BCUT2D eigenvalue weighted by Gasteiger charge is 2.32. The fraction of sp³-hybridized carbons (Fsp3) is 0.750. The maximum atomic E-state index is 11.6. The van der Waals surface area contributed by atoms with E-state index in [4.69, 9.17) is 5.73 Å². The highest BCUT2D eigenvalue weighted by Crippen LogP contribution is 2.26. The lowest BCUT2D eigenvalue weighted by Crippen LogP contribution is -2.54. The minimum Gasteiger partial charge on any atom is -0.368 e. The highest BCUT2D eigenvalue weighted by atomic mass is 32.2. The van der Waals surface area contributed by atoms with Crippen molar-refractivity contribution < 1.29 is 4.79 Å². The monoisotopic (exact) mass is 285 g/mol. The van der Waals surface area contributed by atoms with Gasteiger partial charge in [0.1, 0.15) is 5.82 Å². The quantitative estimate of drug-likeness (QED) is 0.624. The lowest BCUT2D eigenvalue weighted by molar-refractivity contribution is -0.124. The lowest BCUT2D eigenvalue weighted by atomic mass is 9.95. The number of aromatic amines is 1. The smallest absolute Gasteiger partial charge is 0.237 e. The molecule has 0 saturated heterocycles. The first-order valence-corrected chi connectivity index (χ1v) is 7.36. The normalized spacial score (nSPS) is 16.0. The van der Waals surface area contributed by atoms with Gasteiger partial charge in [-0.2, -0.15) is 0 Å². The Hall–Kier alpha value is -1.08. The number of rotatable bonds is 8. The van der Waals surface area contributed by atoms with Crippen molar-refractivity contribution in [1.29, 1.82) is 0 Å². The Morgan fingerprint density at radius 3 is 2.79 bits per heavy atom. The predicted octanol–water partition coefficient (Wildman–Crippen LogP) is 1.23. The van der Waals surface area contributed by atoms with E-state index in [1.54, 1.807) is 11.8 Å². The van der Waals surface area contributed by atoms with Crippen molar-refractivity contribution in [1.82, 2.24) is 20.5 Å². The summed E-state index contributed by atoms with van der Waals surface area (Å²) in [4.78, 5) is 15.9. The van der Waals surface area contributed by atoms with E-state index in [0.717, 1.165) is 18.8 Å². The first-order chi connectivity index (χ1) is 8.87. The van der Waals surface area contributed by atoms with Crippen molar-refractivity contribution in [3.8, 4) is 0 Å². The summed E-state index contributed by atoms with van der Waals surface area (Å²) in [5.41, 5.74) is 4.82. The molecule has 0 aliphatic heterocycles. The number of nitrogens with two attached hydrogens (primary N) is 1. The Morgan fingerprint density at radius 1 is 1.63 bits per heavy atom. The van der Waals surface area contributed by atoms with Gasteiger partial charge in [-0.05, 0) is 33.2 Å². The molecule has 0 bridgehead atoms. The van der Waals surface area contributed by atoms with Crippen molar-refractivity contribution in [2.75, 3.05) is 6.54 Å². The third kappa shape index (κ3) is 4.83. The molecule has 1 heterocycles. The molecule has 1 rings (SSSR count). The Balaban J connectivity index is 2.60. The van der Waals surface area contributed by atoms with E-state index in [1.807, 2.05) is 20.8 Å². The molecule has 0 fully saturated rings. The molecule has 2 unspecified atom stereocenters. The molecule has 0 aliphatic carbocycles. The van der Waals surface area contributed by atoms with Crippen LogP contribution in [0, 0.1) is 6.92 Å². The number of hydrogen-bond acceptors (Lipinski definition) is 5. The molecule has 0 spiro atoms. The van der Waals surface area contributed by atoms with Gasteiger partial charge in [0.05, 0.1) is 5.54 Å². The SMILES string of the molecule is CCCNC(C)(CC(C)Sc1n[nH]c(C)n1)C(N)=O. The van der Waals surface area contributed by atoms with Crippen LogP contribution in [0.2, 0.25) is 0 Å². The van der Waals surface area contributed by atoms with E-state index in [-0.39, 0.29) is 11.2 Å². The summed E-state index contributed by atoms with van der Waals surface area (Å²) in [7, 11) is 0. The summed E-state index contributed by atoms with van der Waals surface area (Å²) in [6.45, 7) is 8.59. The second kappa shape index (κ2) is 6.91. The average Bonchev–Trinajstić information content (AvgIpc) is 2.71. The van der Waals surface area contributed by atoms with E-state index in [0.29, 0.717) is 11.6 Å². The standard InChI is InChI=1S/C12H23N5OS/c1-5-6-14-12(4,10(13)18)7-8(2)19-11-15-9(3)16-17-11/h8,14H,5-7H2,1-4H3,(H2,13,18)(H,15,16,17). The number of carbonyl (C=O) groups is 1. The van der Waals surface area contributed by atoms with Crippen LogP contribution in [0.25, 0.3) is 0 Å². The van der Waals surface area contributed by atoms with Gasteiger partial charge in [0.15, 0.2) is 0 Å². The molecule has 0 saturated carbocycles. The Morgan fingerprint density at radius 2 is 2.32 bits per heavy atom. The molecule has 0 aliphatic rings. The van der Waals surface area contributed by atoms with Crippen LogP contribution in [-0.2, 0) is 4.79 Å². The van der Waals surface area contributed by atoms with Crippen molar-refractivity contribution in [2.45, 2.75) is 56.5 Å². The Bertz CT molecular complexity index is 422. The van der Waals surface area contributed by atoms with Crippen LogP contribution in [0.5, 0.6) is 0 Å². The molecule has 1 aromatic heterocycles. The van der Waals surface area contributed by atoms with E-state index >= 15 is 0 Å². The topological polar surface area (TPSA) is 96.7 Å². The Kier molecular flexibility index (Phi) is 5.81. The van der Waals surface area contributed by atoms with Gasteiger partial charge in [0, 0.05) is 5.25 Å². The van der Waals surface area contributed by atoms with Gasteiger partial charge < -0.3 is 11.1 Å². The van der Waals surface area contributed by atoms with Gasteiger partial charge in [0.25, 0.3) is 0 Å². The molecular formula is C12H23N5OS. The second-order valence-corrected chi connectivity index (χ2v) is 6.36. The zero-order valence-corrected chi connectivity index (χ0v) is 12.8. The number of amides is 1. The molecule has 0 aromatic carbocycles. The maximum absolute atomic E-state index is 11.6. The van der Waals surface area contributed by atoms with E-state index in [1.165, 1.54) is 0 Å². The molecule has 19 heavy (non-hydrogen) atoms. The number of aromatic nitrogens is 3. The summed E-state index contributed by atoms with van der Waals surface area (Å²) >= 11 is 1.54. The third-order valence-electron chi connectivity index (χ3n) is 2.89. The summed E-state index contributed by atoms with van der Waals surface area (Å²) in [6.07, 6.45) is 1.60. The molecule has 108 valence electrons. The number of primary amides is 1. The van der Waals surface area contributed by atoms with Crippen LogP contribution in [0.4, 0.5) is 0 Å². The summed E-state index contributed by atoms with van der Waals surface area (Å²) in [5.74, 6) is 0.469. The molecule has 0 radical (unpaired) electrons. The van der Waals surface area contributed by atoms with Gasteiger partial charge in [-0.25, -0.2) is 4.98 Å². The number of nitrogens with zero attached hydrogens (tertiary/aromatic N) is 2. The first kappa shape index (κ1) is 16.0. The van der Waals surface area contributed by atoms with Crippen LogP contribution in [-0.4, -0.2) is 38.4 Å². The van der Waals surface area contributed by atoms with Crippen LogP contribution in [0.1, 0.15) is 39.4 Å². The number of hydrogen-bond donors (Lipinski definition) is 3. The third-order valence-corrected chi connectivity index (χ3v) is 3.85. The zero-order valence-electron chi connectivity index (χ0n) is 12.0. The van der Waals surface area contributed by atoms with Crippen LogP contribution >= 0.6 is 11.8 Å². The first-order valence-electron chi connectivity index (χ1n) is 6.48. The molecule has 6 nitrogen and oxygen atoms in total. The average molecular weight is 285 g/mol. The number of carbonyl (C=O) groups excluding carboxylic acids is 1. The van der Waals surface area contributed by atoms with Gasteiger partial charge >= 0.3 is 0 Å². The van der Waals surface area contributed by atoms with Gasteiger partial charge in [-0.1, -0.05) is 25.6 Å².